The van der Waals surface area contributed by atoms with E-state index >= 15 is 0 Å². The smallest absolute Gasteiger partial charge is 0.220 e. The van der Waals surface area contributed by atoms with Gasteiger partial charge in [0.1, 0.15) is 0 Å². The fourth-order valence-corrected chi connectivity index (χ4v) is 4.37. The highest BCUT2D eigenvalue weighted by molar-refractivity contribution is 5.76. The van der Waals surface area contributed by atoms with Crippen LogP contribution in [0.1, 0.15) is 37.7 Å². The Labute approximate surface area is 143 Å². The van der Waals surface area contributed by atoms with Gasteiger partial charge in [-0.2, -0.15) is 0 Å². The third kappa shape index (κ3) is 3.45. The minimum Gasteiger partial charge on any atom is -0.493 e. The summed E-state index contributed by atoms with van der Waals surface area (Å²) in [5.41, 5.74) is 0.936. The molecule has 0 radical (unpaired) electrons. The molecule has 2 aliphatic carbocycles. The van der Waals surface area contributed by atoms with Crippen LogP contribution in [0.3, 0.4) is 0 Å². The van der Waals surface area contributed by atoms with Crippen molar-refractivity contribution in [2.45, 2.75) is 38.6 Å². The number of nitrogens with one attached hydrogen (secondary N) is 1. The number of methoxy groups -OCH3 is 3. The fraction of sp³-hybridized carbons (Fsp3) is 0.632. The van der Waals surface area contributed by atoms with Crippen LogP contribution in [-0.4, -0.2) is 27.2 Å². The van der Waals surface area contributed by atoms with Gasteiger partial charge in [-0.1, -0.05) is 6.42 Å². The molecular weight excluding hydrogens is 306 g/mol. The number of rotatable bonds is 7. The molecule has 2 aliphatic rings. The van der Waals surface area contributed by atoms with Crippen LogP contribution in [-0.2, 0) is 11.3 Å². The third-order valence-electron chi connectivity index (χ3n) is 5.55. The van der Waals surface area contributed by atoms with Crippen LogP contribution in [0.4, 0.5) is 0 Å². The highest BCUT2D eigenvalue weighted by Gasteiger charge is 2.40. The number of carbonyl (C=O) groups is 1. The zero-order valence-corrected chi connectivity index (χ0v) is 14.8. The largest absolute Gasteiger partial charge is 0.493 e. The minimum atomic E-state index is 0.140. The molecule has 1 aromatic rings. The number of carbonyl (C=O) groups excluding carboxylic acids is 1. The van der Waals surface area contributed by atoms with E-state index in [1.807, 2.05) is 12.1 Å². The molecule has 0 unspecified atom stereocenters. The summed E-state index contributed by atoms with van der Waals surface area (Å²) in [6.45, 7) is 0.469. The first-order valence-electron chi connectivity index (χ1n) is 8.70. The van der Waals surface area contributed by atoms with Gasteiger partial charge < -0.3 is 19.5 Å². The molecule has 0 spiro atoms. The number of ether oxygens (including phenoxy) is 3. The molecule has 0 aliphatic heterocycles. The molecule has 1 amide bonds. The van der Waals surface area contributed by atoms with E-state index in [2.05, 4.69) is 5.32 Å². The maximum atomic E-state index is 12.3. The van der Waals surface area contributed by atoms with Crippen molar-refractivity contribution in [3.8, 4) is 17.2 Å². The molecule has 2 saturated carbocycles. The normalized spacial score (nSPS) is 24.7. The summed E-state index contributed by atoms with van der Waals surface area (Å²) >= 11 is 0. The Morgan fingerprint density at radius 1 is 1.08 bits per heavy atom. The zero-order chi connectivity index (χ0) is 17.1. The second-order valence-corrected chi connectivity index (χ2v) is 6.95. The quantitative estimate of drug-likeness (QED) is 0.833. The number of fused-ring (bicyclic) bond motifs is 2. The Morgan fingerprint density at radius 3 is 2.29 bits per heavy atom. The van der Waals surface area contributed by atoms with Crippen LogP contribution >= 0.6 is 0 Å². The maximum absolute atomic E-state index is 12.3. The molecule has 5 nitrogen and oxygen atoms in total. The predicted molar refractivity (Wildman–Crippen MR) is 91.5 cm³/mol. The minimum absolute atomic E-state index is 0.140. The van der Waals surface area contributed by atoms with Crippen molar-refractivity contribution in [3.05, 3.63) is 17.7 Å². The van der Waals surface area contributed by atoms with Gasteiger partial charge in [0, 0.05) is 13.0 Å². The van der Waals surface area contributed by atoms with Crippen LogP contribution in [0, 0.1) is 17.8 Å². The van der Waals surface area contributed by atoms with Crippen molar-refractivity contribution in [1.29, 1.82) is 0 Å². The van der Waals surface area contributed by atoms with Crippen LogP contribution in [0.15, 0.2) is 12.1 Å². The monoisotopic (exact) mass is 333 g/mol. The molecule has 3 rings (SSSR count). The molecule has 0 aromatic heterocycles. The Bertz CT molecular complexity index is 576. The van der Waals surface area contributed by atoms with Crippen molar-refractivity contribution in [1.82, 2.24) is 5.32 Å². The molecule has 1 aromatic carbocycles. The first-order chi connectivity index (χ1) is 11.6. The van der Waals surface area contributed by atoms with Crippen LogP contribution in [0.5, 0.6) is 17.2 Å². The molecule has 2 fully saturated rings. The second kappa shape index (κ2) is 7.32. The lowest BCUT2D eigenvalue weighted by Crippen LogP contribution is -2.27. The van der Waals surface area contributed by atoms with Gasteiger partial charge >= 0.3 is 0 Å². The molecule has 24 heavy (non-hydrogen) atoms. The van der Waals surface area contributed by atoms with Crippen LogP contribution in [0.2, 0.25) is 0 Å². The highest BCUT2D eigenvalue weighted by Crippen LogP contribution is 2.49. The molecular formula is C19H27NO4. The average molecular weight is 333 g/mol. The van der Waals surface area contributed by atoms with Crippen molar-refractivity contribution >= 4 is 5.91 Å². The molecule has 0 heterocycles. The number of benzene rings is 1. The fourth-order valence-electron chi connectivity index (χ4n) is 4.37. The predicted octanol–water partition coefficient (Wildman–Crippen LogP) is 3.15. The summed E-state index contributed by atoms with van der Waals surface area (Å²) in [6.07, 6.45) is 5.92. The third-order valence-corrected chi connectivity index (χ3v) is 5.55. The van der Waals surface area contributed by atoms with E-state index in [1.54, 1.807) is 21.3 Å². The van der Waals surface area contributed by atoms with Crippen molar-refractivity contribution in [2.24, 2.45) is 17.8 Å². The molecule has 5 heteroatoms. The lowest BCUT2D eigenvalue weighted by atomic mass is 9.86. The Morgan fingerprint density at radius 2 is 1.79 bits per heavy atom. The standard InChI is InChI=1S/C19H27NO4/c1-22-16-8-13(9-17(23-2)19(16)24-3)11-20-18(21)10-15-7-12-4-5-14(15)6-12/h8-9,12,14-15H,4-7,10-11H2,1-3H3,(H,20,21)/t12-,14-,15-/m1/s1. The molecule has 132 valence electrons. The van der Waals surface area contributed by atoms with Crippen molar-refractivity contribution in [3.63, 3.8) is 0 Å². The second-order valence-electron chi connectivity index (χ2n) is 6.95. The SMILES string of the molecule is COc1cc(CNC(=O)C[C@H]2C[C@@H]3CC[C@@H]2C3)cc(OC)c1OC. The van der Waals surface area contributed by atoms with Gasteiger partial charge in [0.15, 0.2) is 11.5 Å². The van der Waals surface area contributed by atoms with E-state index in [0.29, 0.717) is 36.1 Å². The lowest BCUT2D eigenvalue weighted by molar-refractivity contribution is -0.122. The lowest BCUT2D eigenvalue weighted by Gasteiger charge is -2.21. The Balaban J connectivity index is 1.58. The van der Waals surface area contributed by atoms with E-state index in [1.165, 1.54) is 25.7 Å². The van der Waals surface area contributed by atoms with Gasteiger partial charge in [0.05, 0.1) is 21.3 Å². The van der Waals surface area contributed by atoms with E-state index in [4.69, 9.17) is 14.2 Å². The average Bonchev–Trinajstić information content (AvgIpc) is 3.21. The summed E-state index contributed by atoms with van der Waals surface area (Å²) in [4.78, 5) is 12.3. The van der Waals surface area contributed by atoms with Crippen molar-refractivity contribution < 1.29 is 19.0 Å². The Kier molecular flexibility index (Phi) is 5.17. The maximum Gasteiger partial charge on any atom is 0.220 e. The van der Waals surface area contributed by atoms with Crippen molar-refractivity contribution in [2.75, 3.05) is 21.3 Å². The topological polar surface area (TPSA) is 56.8 Å². The van der Waals surface area contributed by atoms with Gasteiger partial charge in [-0.3, -0.25) is 4.79 Å². The summed E-state index contributed by atoms with van der Waals surface area (Å²) < 4.78 is 16.0. The summed E-state index contributed by atoms with van der Waals surface area (Å²) in [5, 5.41) is 3.03. The molecule has 3 atom stereocenters. The zero-order valence-electron chi connectivity index (χ0n) is 14.8. The van der Waals surface area contributed by atoms with Gasteiger partial charge in [-0.15, -0.1) is 0 Å². The van der Waals surface area contributed by atoms with E-state index in [9.17, 15) is 4.79 Å². The first-order valence-corrected chi connectivity index (χ1v) is 8.70. The molecule has 1 N–H and O–H groups in total. The number of hydrogen-bond acceptors (Lipinski definition) is 4. The van der Waals surface area contributed by atoms with E-state index < -0.39 is 0 Å². The summed E-state index contributed by atoms with van der Waals surface area (Å²) in [7, 11) is 4.76. The number of amides is 1. The van der Waals surface area contributed by atoms with Crippen LogP contribution in [0.25, 0.3) is 0 Å². The summed E-state index contributed by atoms with van der Waals surface area (Å²) in [5.74, 6) is 4.16. The molecule has 0 saturated heterocycles. The highest BCUT2D eigenvalue weighted by atomic mass is 16.5. The summed E-state index contributed by atoms with van der Waals surface area (Å²) in [6, 6.07) is 3.75. The van der Waals surface area contributed by atoms with E-state index in [-0.39, 0.29) is 5.91 Å². The first kappa shape index (κ1) is 16.9. The van der Waals surface area contributed by atoms with Gasteiger partial charge in [0.2, 0.25) is 11.7 Å². The molecule has 2 bridgehead atoms. The van der Waals surface area contributed by atoms with Gasteiger partial charge in [0.25, 0.3) is 0 Å². The Hall–Kier alpha value is -1.91. The van der Waals surface area contributed by atoms with Crippen LogP contribution < -0.4 is 19.5 Å². The number of hydrogen-bond donors (Lipinski definition) is 1. The van der Waals surface area contributed by atoms with Gasteiger partial charge in [-0.25, -0.2) is 0 Å². The van der Waals surface area contributed by atoms with Gasteiger partial charge in [-0.05, 0) is 54.7 Å². The van der Waals surface area contributed by atoms with E-state index in [0.717, 1.165) is 17.4 Å².